The summed E-state index contributed by atoms with van der Waals surface area (Å²) in [6.45, 7) is 2.08. The molecular formula is C25H24FNO2. The molecule has 0 spiro atoms. The summed E-state index contributed by atoms with van der Waals surface area (Å²) in [5, 5.41) is 0. The molecule has 0 bridgehead atoms. The average Bonchev–Trinajstić information content (AvgIpc) is 2.78. The van der Waals surface area contributed by atoms with Crippen LogP contribution in [0.1, 0.15) is 37.4 Å². The Bertz CT molecular complexity index is 951. The first-order valence-corrected chi connectivity index (χ1v) is 9.75. The molecule has 0 saturated heterocycles. The maximum atomic E-state index is 12.3. The lowest BCUT2D eigenvalue weighted by Crippen LogP contribution is -2.23. The van der Waals surface area contributed by atoms with Gasteiger partial charge in [0, 0.05) is 16.3 Å². The molecule has 3 nitrogen and oxygen atoms in total. The molecule has 0 fully saturated rings. The van der Waals surface area contributed by atoms with Crippen LogP contribution >= 0.6 is 0 Å². The van der Waals surface area contributed by atoms with Crippen LogP contribution in [0, 0.1) is 12.3 Å². The van der Waals surface area contributed by atoms with Gasteiger partial charge in [0.2, 0.25) is 5.88 Å². The first-order valence-electron chi connectivity index (χ1n) is 9.75. The lowest BCUT2D eigenvalue weighted by Gasteiger charge is -2.28. The maximum Gasteiger partial charge on any atom is 0.219 e. The van der Waals surface area contributed by atoms with E-state index in [1.165, 1.54) is 0 Å². The quantitative estimate of drug-likeness (QED) is 0.395. The number of halogens is 1. The van der Waals surface area contributed by atoms with Gasteiger partial charge < -0.3 is 4.74 Å². The Balaban J connectivity index is 1.65. The lowest BCUT2D eigenvalue weighted by molar-refractivity contribution is -0.00623. The van der Waals surface area contributed by atoms with Gasteiger partial charge in [0.15, 0.2) is 5.75 Å². The van der Waals surface area contributed by atoms with Crippen LogP contribution in [0.3, 0.4) is 0 Å². The summed E-state index contributed by atoms with van der Waals surface area (Å²) >= 11 is 0. The molecule has 0 saturated carbocycles. The largest absolute Gasteiger partial charge is 0.439 e. The van der Waals surface area contributed by atoms with Crippen LogP contribution < -0.4 is 9.68 Å². The number of para-hydroxylation sites is 1. The zero-order valence-corrected chi connectivity index (χ0v) is 16.5. The minimum atomic E-state index is -0.396. The molecule has 3 rings (SSSR count). The number of aryl methyl sites for hydroxylation is 1. The smallest absolute Gasteiger partial charge is 0.219 e. The van der Waals surface area contributed by atoms with Crippen molar-refractivity contribution in [2.75, 3.05) is 0 Å². The van der Waals surface area contributed by atoms with E-state index in [0.717, 1.165) is 42.7 Å². The summed E-state index contributed by atoms with van der Waals surface area (Å²) in [6, 6.07) is 22.3. The molecule has 2 aromatic carbocycles. The number of terminal acetylenes is 1. The number of nitrogens with zero attached hydrogens (tertiary/aromatic N) is 1. The number of hydrogen-bond donors (Lipinski definition) is 0. The summed E-state index contributed by atoms with van der Waals surface area (Å²) in [4.78, 5) is 8.37. The molecule has 29 heavy (non-hydrogen) atoms. The molecule has 0 N–H and O–H groups in total. The van der Waals surface area contributed by atoms with Crippen LogP contribution in [0.5, 0.6) is 17.4 Å². The van der Waals surface area contributed by atoms with Gasteiger partial charge in [0.25, 0.3) is 0 Å². The molecule has 0 aliphatic carbocycles. The average molecular weight is 389 g/mol. The van der Waals surface area contributed by atoms with E-state index in [-0.39, 0.29) is 5.75 Å². The van der Waals surface area contributed by atoms with Crippen molar-refractivity contribution in [3.05, 3.63) is 84.1 Å². The lowest BCUT2D eigenvalue weighted by atomic mass is 9.75. The Morgan fingerprint density at radius 3 is 2.38 bits per heavy atom. The number of benzene rings is 2. The van der Waals surface area contributed by atoms with E-state index >= 15 is 0 Å². The third kappa shape index (κ3) is 5.14. The minimum absolute atomic E-state index is 0.176. The van der Waals surface area contributed by atoms with E-state index in [1.54, 1.807) is 12.1 Å². The number of aromatic nitrogens is 1. The first kappa shape index (κ1) is 20.4. The highest BCUT2D eigenvalue weighted by Gasteiger charge is 2.27. The normalized spacial score (nSPS) is 12.6. The Hall–Kier alpha value is -3.32. The van der Waals surface area contributed by atoms with Gasteiger partial charge in [0.1, 0.15) is 5.75 Å². The Morgan fingerprint density at radius 1 is 0.966 bits per heavy atom. The van der Waals surface area contributed by atoms with Gasteiger partial charge in [0.05, 0.1) is 5.41 Å². The predicted octanol–water partition coefficient (Wildman–Crippen LogP) is 6.44. The number of rotatable bonds is 9. The summed E-state index contributed by atoms with van der Waals surface area (Å²) in [7, 11) is 0. The van der Waals surface area contributed by atoms with Crippen molar-refractivity contribution in [2.24, 2.45) is 0 Å². The van der Waals surface area contributed by atoms with Crippen molar-refractivity contribution < 1.29 is 14.2 Å². The molecule has 1 aromatic heterocycles. The van der Waals surface area contributed by atoms with Crippen LogP contribution in [0.2, 0.25) is 0 Å². The molecule has 0 radical (unpaired) electrons. The van der Waals surface area contributed by atoms with E-state index < -0.39 is 5.41 Å². The van der Waals surface area contributed by atoms with Crippen LogP contribution in [0.15, 0.2) is 72.8 Å². The fourth-order valence-corrected chi connectivity index (χ4v) is 3.44. The highest BCUT2D eigenvalue weighted by molar-refractivity contribution is 5.38. The molecule has 4 heteroatoms. The molecule has 0 amide bonds. The van der Waals surface area contributed by atoms with Crippen molar-refractivity contribution in [3.63, 3.8) is 0 Å². The number of hydrogen-bond acceptors (Lipinski definition) is 3. The highest BCUT2D eigenvalue weighted by Crippen LogP contribution is 2.34. The van der Waals surface area contributed by atoms with Crippen LogP contribution in [-0.2, 0) is 11.8 Å². The van der Waals surface area contributed by atoms with E-state index in [0.29, 0.717) is 5.88 Å². The molecule has 1 heterocycles. The molecule has 0 aliphatic rings. The highest BCUT2D eigenvalue weighted by atomic mass is 19.3. The summed E-state index contributed by atoms with van der Waals surface area (Å²) in [5.41, 5.74) is 1.56. The monoisotopic (exact) mass is 389 g/mol. The summed E-state index contributed by atoms with van der Waals surface area (Å²) in [5.74, 6) is 4.48. The number of pyridine rings is 1. The fraction of sp³-hybridized carbons (Fsp3) is 0.240. The van der Waals surface area contributed by atoms with Gasteiger partial charge in [-0.1, -0.05) is 49.2 Å². The van der Waals surface area contributed by atoms with Gasteiger partial charge in [-0.3, -0.25) is 4.94 Å². The number of ether oxygens (including phenoxy) is 1. The van der Waals surface area contributed by atoms with Gasteiger partial charge in [-0.2, -0.15) is 0 Å². The maximum absolute atomic E-state index is 12.3. The Labute approximate surface area is 171 Å². The molecular weight excluding hydrogens is 365 g/mol. The molecule has 1 unspecified atom stereocenters. The van der Waals surface area contributed by atoms with E-state index in [2.05, 4.69) is 22.8 Å². The summed E-state index contributed by atoms with van der Waals surface area (Å²) in [6.07, 6.45) is 9.19. The van der Waals surface area contributed by atoms with Crippen LogP contribution in [0.4, 0.5) is 4.53 Å². The van der Waals surface area contributed by atoms with Crippen molar-refractivity contribution in [2.45, 2.75) is 38.0 Å². The Kier molecular flexibility index (Phi) is 6.86. The second-order valence-corrected chi connectivity index (χ2v) is 6.92. The van der Waals surface area contributed by atoms with E-state index in [9.17, 15) is 4.53 Å². The third-order valence-electron chi connectivity index (χ3n) is 5.16. The fourth-order valence-electron chi connectivity index (χ4n) is 3.44. The molecule has 3 aromatic rings. The second kappa shape index (κ2) is 9.75. The van der Waals surface area contributed by atoms with E-state index in [1.807, 2.05) is 60.7 Å². The predicted molar refractivity (Wildman–Crippen MR) is 113 cm³/mol. The van der Waals surface area contributed by atoms with Crippen LogP contribution in [-0.4, -0.2) is 4.98 Å². The molecule has 1 atom stereocenters. The van der Waals surface area contributed by atoms with Gasteiger partial charge in [-0.05, 0) is 61.6 Å². The topological polar surface area (TPSA) is 31.4 Å². The molecule has 148 valence electrons. The Morgan fingerprint density at radius 2 is 1.72 bits per heavy atom. The standard InChI is InChI=1S/C25H24FNO2/c1-3-25(4-2,20-15-17-23(29-26)18-16-20)19-9-11-21-10-8-14-24(27-21)28-22-12-6-5-7-13-22/h1,5-8,10,12-18H,4,9,11,19H2,2H3. The summed E-state index contributed by atoms with van der Waals surface area (Å²) < 4.78 is 18.1. The second-order valence-electron chi connectivity index (χ2n) is 6.92. The minimum Gasteiger partial charge on any atom is -0.439 e. The zero-order chi connectivity index (χ0) is 20.5. The zero-order valence-electron chi connectivity index (χ0n) is 16.5. The first-order chi connectivity index (χ1) is 14.2. The van der Waals surface area contributed by atoms with Crippen molar-refractivity contribution in [1.82, 2.24) is 4.98 Å². The van der Waals surface area contributed by atoms with Gasteiger partial charge in [-0.15, -0.1) is 6.42 Å². The SMILES string of the molecule is C#CC(CC)(CCCc1cccc(Oc2ccccc2)n1)c1ccc(OF)cc1. The third-order valence-corrected chi connectivity index (χ3v) is 5.16. The van der Waals surface area contributed by atoms with E-state index in [4.69, 9.17) is 11.2 Å². The van der Waals surface area contributed by atoms with Crippen LogP contribution in [0.25, 0.3) is 0 Å². The molecule has 0 aliphatic heterocycles. The van der Waals surface area contributed by atoms with Gasteiger partial charge in [-0.25, -0.2) is 4.98 Å². The van der Waals surface area contributed by atoms with Gasteiger partial charge >= 0.3 is 0 Å². The van der Waals surface area contributed by atoms with Crippen molar-refractivity contribution in [1.29, 1.82) is 0 Å². The van der Waals surface area contributed by atoms with Crippen molar-refractivity contribution >= 4 is 0 Å². The van der Waals surface area contributed by atoms with Crippen molar-refractivity contribution in [3.8, 4) is 29.7 Å².